The second-order valence-corrected chi connectivity index (χ2v) is 9.85. The summed E-state index contributed by atoms with van der Waals surface area (Å²) in [5.74, 6) is -0.500. The molecule has 1 aliphatic rings. The molecule has 0 aromatic heterocycles. The predicted octanol–water partition coefficient (Wildman–Crippen LogP) is 0.170. The molecule has 1 N–H and O–H groups in total. The van der Waals surface area contributed by atoms with Crippen molar-refractivity contribution in [2.24, 2.45) is 0 Å². The molecule has 0 spiro atoms. The molecule has 1 aliphatic heterocycles. The van der Waals surface area contributed by atoms with Gasteiger partial charge in [0.2, 0.25) is 0 Å². The maximum atomic E-state index is 12.7. The summed E-state index contributed by atoms with van der Waals surface area (Å²) >= 11 is 0. The Hall–Kier alpha value is -0.960. The summed E-state index contributed by atoms with van der Waals surface area (Å²) in [6.07, 6.45) is 0. The molecule has 1 fully saturated rings. The molecule has 0 radical (unpaired) electrons. The highest BCUT2D eigenvalue weighted by Crippen LogP contribution is 2.26. The SMILES string of the molecule is COCCN[C@@H]1CS(=O)(=O)C[C@H]1S(=O)(=O)c1ccc(C)cc1. The largest absolute Gasteiger partial charge is 0.383 e. The number of hydrogen-bond acceptors (Lipinski definition) is 6. The molecule has 0 bridgehead atoms. The minimum absolute atomic E-state index is 0.160. The van der Waals surface area contributed by atoms with Crippen LogP contribution in [-0.2, 0) is 24.4 Å². The average molecular weight is 347 g/mol. The smallest absolute Gasteiger partial charge is 0.183 e. The highest BCUT2D eigenvalue weighted by molar-refractivity contribution is 7.96. The zero-order valence-electron chi connectivity index (χ0n) is 12.7. The Labute approximate surface area is 131 Å². The molecule has 1 aromatic carbocycles. The molecule has 0 amide bonds. The molecule has 124 valence electrons. The van der Waals surface area contributed by atoms with Crippen molar-refractivity contribution in [2.75, 3.05) is 31.8 Å². The van der Waals surface area contributed by atoms with E-state index in [1.807, 2.05) is 6.92 Å². The number of sulfone groups is 2. The van der Waals surface area contributed by atoms with E-state index in [9.17, 15) is 16.8 Å². The lowest BCUT2D eigenvalue weighted by Crippen LogP contribution is -2.44. The van der Waals surface area contributed by atoms with Crippen molar-refractivity contribution >= 4 is 19.7 Å². The van der Waals surface area contributed by atoms with Crippen LogP contribution in [0.2, 0.25) is 0 Å². The lowest BCUT2D eigenvalue weighted by Gasteiger charge is -2.20. The van der Waals surface area contributed by atoms with Crippen LogP contribution in [0, 0.1) is 6.92 Å². The number of hydrogen-bond donors (Lipinski definition) is 1. The van der Waals surface area contributed by atoms with E-state index in [1.54, 1.807) is 12.1 Å². The van der Waals surface area contributed by atoms with Crippen LogP contribution in [0.4, 0.5) is 0 Å². The minimum atomic E-state index is -3.70. The lowest BCUT2D eigenvalue weighted by molar-refractivity contribution is 0.196. The van der Waals surface area contributed by atoms with Gasteiger partial charge in [-0.2, -0.15) is 0 Å². The summed E-state index contributed by atoms with van der Waals surface area (Å²) in [4.78, 5) is 0.166. The van der Waals surface area contributed by atoms with Crippen molar-refractivity contribution in [1.82, 2.24) is 5.32 Å². The summed E-state index contributed by atoms with van der Waals surface area (Å²) in [5.41, 5.74) is 0.952. The Balaban J connectivity index is 2.28. The molecule has 2 rings (SSSR count). The van der Waals surface area contributed by atoms with E-state index in [0.717, 1.165) is 5.56 Å². The minimum Gasteiger partial charge on any atom is -0.383 e. The Morgan fingerprint density at radius 1 is 1.23 bits per heavy atom. The third-order valence-corrected chi connectivity index (χ3v) is 7.93. The van der Waals surface area contributed by atoms with Gasteiger partial charge in [0.25, 0.3) is 0 Å². The van der Waals surface area contributed by atoms with E-state index >= 15 is 0 Å². The van der Waals surface area contributed by atoms with Gasteiger partial charge in [-0.25, -0.2) is 16.8 Å². The number of rotatable bonds is 6. The molecule has 6 nitrogen and oxygen atoms in total. The molecule has 0 aliphatic carbocycles. The van der Waals surface area contributed by atoms with Crippen LogP contribution >= 0.6 is 0 Å². The number of nitrogens with one attached hydrogen (secondary N) is 1. The highest BCUT2D eigenvalue weighted by atomic mass is 32.2. The highest BCUT2D eigenvalue weighted by Gasteiger charge is 2.45. The zero-order valence-corrected chi connectivity index (χ0v) is 14.3. The van der Waals surface area contributed by atoms with Gasteiger partial charge in [0.15, 0.2) is 19.7 Å². The van der Waals surface area contributed by atoms with Gasteiger partial charge in [-0.1, -0.05) is 17.7 Å². The van der Waals surface area contributed by atoms with E-state index in [2.05, 4.69) is 5.32 Å². The van der Waals surface area contributed by atoms with Crippen LogP contribution in [0.15, 0.2) is 29.2 Å². The summed E-state index contributed by atoms with van der Waals surface area (Å²) in [6, 6.07) is 5.88. The van der Waals surface area contributed by atoms with Crippen LogP contribution < -0.4 is 5.32 Å². The topological polar surface area (TPSA) is 89.5 Å². The first-order valence-electron chi connectivity index (χ1n) is 6.99. The standard InChI is InChI=1S/C14H21NO5S2/c1-11-3-5-12(6-4-11)22(18,19)14-10-21(16,17)9-13(14)15-7-8-20-2/h3-6,13-15H,7-10H2,1-2H3/t13-,14-/m1/s1. The molecule has 0 saturated carbocycles. The molecule has 1 heterocycles. The molecule has 2 atom stereocenters. The van der Waals surface area contributed by atoms with Crippen molar-refractivity contribution in [1.29, 1.82) is 0 Å². The molecule has 1 aromatic rings. The fourth-order valence-corrected chi connectivity index (χ4v) is 7.28. The maximum Gasteiger partial charge on any atom is 0.183 e. The zero-order chi connectivity index (χ0) is 16.4. The predicted molar refractivity (Wildman–Crippen MR) is 84.5 cm³/mol. The fraction of sp³-hybridized carbons (Fsp3) is 0.571. The Morgan fingerprint density at radius 3 is 2.45 bits per heavy atom. The fourth-order valence-electron chi connectivity index (χ4n) is 2.56. The number of benzene rings is 1. The number of aryl methyl sites for hydroxylation is 1. The second-order valence-electron chi connectivity index (χ2n) is 5.53. The van der Waals surface area contributed by atoms with Gasteiger partial charge in [-0.05, 0) is 19.1 Å². The quantitative estimate of drug-likeness (QED) is 0.738. The van der Waals surface area contributed by atoms with E-state index in [0.29, 0.717) is 13.2 Å². The first-order chi connectivity index (χ1) is 10.3. The number of methoxy groups -OCH3 is 1. The normalized spacial score (nSPS) is 24.5. The molecule has 8 heteroatoms. The van der Waals surface area contributed by atoms with Crippen molar-refractivity contribution in [3.8, 4) is 0 Å². The summed E-state index contributed by atoms with van der Waals surface area (Å²) in [7, 11) is -5.52. The summed E-state index contributed by atoms with van der Waals surface area (Å²) in [5, 5.41) is 2.03. The van der Waals surface area contributed by atoms with Gasteiger partial charge in [0.1, 0.15) is 0 Å². The summed E-state index contributed by atoms with van der Waals surface area (Å²) in [6.45, 7) is 2.68. The van der Waals surface area contributed by atoms with E-state index in [-0.39, 0.29) is 16.4 Å². The van der Waals surface area contributed by atoms with Crippen molar-refractivity contribution in [3.05, 3.63) is 29.8 Å². The summed E-state index contributed by atoms with van der Waals surface area (Å²) < 4.78 is 54.2. The molecule has 1 saturated heterocycles. The van der Waals surface area contributed by atoms with Gasteiger partial charge < -0.3 is 10.1 Å². The van der Waals surface area contributed by atoms with Crippen LogP contribution in [0.1, 0.15) is 5.56 Å². The van der Waals surface area contributed by atoms with Gasteiger partial charge in [-0.3, -0.25) is 0 Å². The van der Waals surface area contributed by atoms with E-state index < -0.39 is 31.0 Å². The first-order valence-corrected chi connectivity index (χ1v) is 10.4. The molecular weight excluding hydrogens is 326 g/mol. The van der Waals surface area contributed by atoms with Gasteiger partial charge >= 0.3 is 0 Å². The van der Waals surface area contributed by atoms with E-state index in [1.165, 1.54) is 19.2 Å². The van der Waals surface area contributed by atoms with Crippen molar-refractivity contribution in [2.45, 2.75) is 23.1 Å². The first kappa shape index (κ1) is 17.4. The van der Waals surface area contributed by atoms with Crippen LogP contribution in [0.5, 0.6) is 0 Å². The average Bonchev–Trinajstić information content (AvgIpc) is 2.75. The molecular formula is C14H21NO5S2. The van der Waals surface area contributed by atoms with Gasteiger partial charge in [-0.15, -0.1) is 0 Å². The van der Waals surface area contributed by atoms with Crippen LogP contribution in [0.25, 0.3) is 0 Å². The van der Waals surface area contributed by atoms with Crippen molar-refractivity contribution < 1.29 is 21.6 Å². The maximum absolute atomic E-state index is 12.7. The molecule has 0 unspecified atom stereocenters. The van der Waals surface area contributed by atoms with Crippen LogP contribution in [0.3, 0.4) is 0 Å². The lowest BCUT2D eigenvalue weighted by atomic mass is 10.2. The van der Waals surface area contributed by atoms with Crippen molar-refractivity contribution in [3.63, 3.8) is 0 Å². The Kier molecular flexibility index (Phi) is 5.26. The monoisotopic (exact) mass is 347 g/mol. The Bertz CT molecular complexity index is 710. The molecule has 22 heavy (non-hydrogen) atoms. The van der Waals surface area contributed by atoms with Gasteiger partial charge in [0.05, 0.1) is 28.3 Å². The Morgan fingerprint density at radius 2 is 1.86 bits per heavy atom. The van der Waals surface area contributed by atoms with Crippen LogP contribution in [-0.4, -0.2) is 59.9 Å². The second kappa shape index (κ2) is 6.66. The van der Waals surface area contributed by atoms with E-state index in [4.69, 9.17) is 4.74 Å². The number of ether oxygens (including phenoxy) is 1. The third kappa shape index (κ3) is 3.87. The van der Waals surface area contributed by atoms with Gasteiger partial charge in [0, 0.05) is 19.7 Å². The third-order valence-electron chi connectivity index (χ3n) is 3.76.